The van der Waals surface area contributed by atoms with Crippen LogP contribution < -0.4 is 5.32 Å². The van der Waals surface area contributed by atoms with Gasteiger partial charge in [0.05, 0.1) is 6.61 Å². The van der Waals surface area contributed by atoms with Crippen LogP contribution in [0, 0.1) is 5.92 Å². The van der Waals surface area contributed by atoms with Gasteiger partial charge in [0.1, 0.15) is 0 Å². The molecule has 0 fully saturated rings. The van der Waals surface area contributed by atoms with Gasteiger partial charge < -0.3 is 10.1 Å². The molecule has 140 valence electrons. The minimum atomic E-state index is -1.02. The van der Waals surface area contributed by atoms with E-state index in [-0.39, 0.29) is 5.91 Å². The fourth-order valence-corrected chi connectivity index (χ4v) is 2.99. The molecule has 0 aromatic heterocycles. The Morgan fingerprint density at radius 2 is 1.65 bits per heavy atom. The lowest BCUT2D eigenvalue weighted by atomic mass is 9.93. The van der Waals surface area contributed by atoms with E-state index in [4.69, 9.17) is 4.74 Å². The molecule has 0 radical (unpaired) electrons. The van der Waals surface area contributed by atoms with E-state index in [1.54, 1.807) is 0 Å². The first-order valence-electron chi connectivity index (χ1n) is 9.66. The minimum absolute atomic E-state index is 0.139. The first-order chi connectivity index (χ1) is 12.6. The number of benzene rings is 2. The number of anilines is 1. The smallest absolute Gasteiger partial charge is 0.260 e. The minimum Gasteiger partial charge on any atom is -0.360 e. The fraction of sp³-hybridized carbons (Fsp3) is 0.435. The highest BCUT2D eigenvalue weighted by Gasteiger charge is 2.37. The summed E-state index contributed by atoms with van der Waals surface area (Å²) in [4.78, 5) is 13.1. The van der Waals surface area contributed by atoms with E-state index in [2.05, 4.69) is 19.2 Å². The summed E-state index contributed by atoms with van der Waals surface area (Å²) >= 11 is 0. The number of hydrogen-bond acceptors (Lipinski definition) is 2. The predicted molar refractivity (Wildman–Crippen MR) is 108 cm³/mol. The standard InChI is InChI=1S/C23H31NO2/c1-4-6-13-19(5-2)18-26-23(3,20-14-9-7-10-15-20)22(25)24-21-16-11-8-12-17-21/h7-12,14-17,19H,4-6,13,18H2,1-3H3,(H,24,25). The van der Waals surface area contributed by atoms with Gasteiger partial charge in [-0.05, 0) is 37.0 Å². The quantitative estimate of drug-likeness (QED) is 0.588. The lowest BCUT2D eigenvalue weighted by molar-refractivity contribution is -0.142. The zero-order chi connectivity index (χ0) is 18.8. The number of ether oxygens (including phenoxy) is 1. The van der Waals surface area contributed by atoms with Crippen molar-refractivity contribution in [1.29, 1.82) is 0 Å². The van der Waals surface area contributed by atoms with E-state index >= 15 is 0 Å². The SMILES string of the molecule is CCCCC(CC)COC(C)(C(=O)Nc1ccccc1)c1ccccc1. The van der Waals surface area contributed by atoms with Crippen molar-refractivity contribution >= 4 is 11.6 Å². The van der Waals surface area contributed by atoms with Crippen molar-refractivity contribution in [2.24, 2.45) is 5.92 Å². The third-order valence-corrected chi connectivity index (χ3v) is 4.94. The van der Waals surface area contributed by atoms with Crippen molar-refractivity contribution in [3.8, 4) is 0 Å². The van der Waals surface area contributed by atoms with Crippen LogP contribution in [0.2, 0.25) is 0 Å². The third-order valence-electron chi connectivity index (χ3n) is 4.94. The molecule has 2 aromatic carbocycles. The average molecular weight is 354 g/mol. The molecule has 0 spiro atoms. The van der Waals surface area contributed by atoms with Gasteiger partial charge in [-0.2, -0.15) is 0 Å². The van der Waals surface area contributed by atoms with Crippen molar-refractivity contribution in [3.63, 3.8) is 0 Å². The maximum absolute atomic E-state index is 13.1. The van der Waals surface area contributed by atoms with Gasteiger partial charge in [0.15, 0.2) is 5.60 Å². The van der Waals surface area contributed by atoms with Gasteiger partial charge in [0.25, 0.3) is 5.91 Å². The number of unbranched alkanes of at least 4 members (excludes halogenated alkanes) is 1. The highest BCUT2D eigenvalue weighted by atomic mass is 16.5. The largest absolute Gasteiger partial charge is 0.360 e. The fourth-order valence-electron chi connectivity index (χ4n) is 2.99. The van der Waals surface area contributed by atoms with Gasteiger partial charge >= 0.3 is 0 Å². The van der Waals surface area contributed by atoms with Crippen molar-refractivity contribution < 1.29 is 9.53 Å². The summed E-state index contributed by atoms with van der Waals surface area (Å²) < 4.78 is 6.29. The van der Waals surface area contributed by atoms with Gasteiger partial charge in [-0.25, -0.2) is 0 Å². The molecule has 2 unspecified atom stereocenters. The van der Waals surface area contributed by atoms with E-state index in [9.17, 15) is 4.79 Å². The van der Waals surface area contributed by atoms with Crippen molar-refractivity contribution in [1.82, 2.24) is 0 Å². The topological polar surface area (TPSA) is 38.3 Å². The summed E-state index contributed by atoms with van der Waals surface area (Å²) in [6.45, 7) is 6.85. The lowest BCUT2D eigenvalue weighted by Crippen LogP contribution is -2.41. The maximum atomic E-state index is 13.1. The van der Waals surface area contributed by atoms with Crippen molar-refractivity contribution in [2.45, 2.75) is 52.1 Å². The monoisotopic (exact) mass is 353 g/mol. The summed E-state index contributed by atoms with van der Waals surface area (Å²) in [7, 11) is 0. The van der Waals surface area contributed by atoms with Crippen LogP contribution >= 0.6 is 0 Å². The highest BCUT2D eigenvalue weighted by molar-refractivity contribution is 5.97. The Morgan fingerprint density at radius 3 is 2.23 bits per heavy atom. The summed E-state index contributed by atoms with van der Waals surface area (Å²) in [5.74, 6) is 0.336. The first-order valence-corrected chi connectivity index (χ1v) is 9.66. The highest BCUT2D eigenvalue weighted by Crippen LogP contribution is 2.29. The molecule has 0 saturated carbocycles. The number of rotatable bonds is 10. The normalized spacial score (nSPS) is 14.4. The van der Waals surface area contributed by atoms with E-state index in [1.807, 2.05) is 67.6 Å². The second-order valence-electron chi connectivity index (χ2n) is 6.95. The maximum Gasteiger partial charge on any atom is 0.260 e. The molecule has 1 N–H and O–H groups in total. The molecule has 2 rings (SSSR count). The summed E-state index contributed by atoms with van der Waals surface area (Å²) in [5.41, 5.74) is 0.636. The van der Waals surface area contributed by atoms with E-state index in [0.717, 1.165) is 24.1 Å². The average Bonchev–Trinajstić information content (AvgIpc) is 2.69. The Hall–Kier alpha value is -2.13. The van der Waals surface area contributed by atoms with Crippen LogP contribution in [0.15, 0.2) is 60.7 Å². The number of nitrogens with one attached hydrogen (secondary N) is 1. The molecule has 3 nitrogen and oxygen atoms in total. The Bertz CT molecular complexity index is 656. The second-order valence-corrected chi connectivity index (χ2v) is 6.95. The van der Waals surface area contributed by atoms with Crippen LogP contribution in [0.5, 0.6) is 0 Å². The Labute approximate surface area is 157 Å². The molecule has 1 amide bonds. The lowest BCUT2D eigenvalue weighted by Gasteiger charge is -2.31. The van der Waals surface area contributed by atoms with E-state index in [0.29, 0.717) is 12.5 Å². The molecular weight excluding hydrogens is 322 g/mol. The molecular formula is C23H31NO2. The Morgan fingerprint density at radius 1 is 1.04 bits per heavy atom. The van der Waals surface area contributed by atoms with Gasteiger partial charge in [-0.3, -0.25) is 4.79 Å². The molecule has 0 bridgehead atoms. The van der Waals surface area contributed by atoms with E-state index in [1.165, 1.54) is 12.8 Å². The molecule has 3 heteroatoms. The Kier molecular flexibility index (Phi) is 7.86. The van der Waals surface area contributed by atoms with Crippen LogP contribution in [-0.4, -0.2) is 12.5 Å². The molecule has 0 aliphatic heterocycles. The zero-order valence-electron chi connectivity index (χ0n) is 16.2. The number of hydrogen-bond donors (Lipinski definition) is 1. The molecule has 0 heterocycles. The number of amides is 1. The summed E-state index contributed by atoms with van der Waals surface area (Å²) in [5, 5.41) is 3.00. The molecule has 0 aliphatic carbocycles. The molecule has 0 saturated heterocycles. The zero-order valence-corrected chi connectivity index (χ0v) is 16.2. The van der Waals surface area contributed by atoms with Gasteiger partial charge in [0.2, 0.25) is 0 Å². The van der Waals surface area contributed by atoms with Gasteiger partial charge in [0, 0.05) is 5.69 Å². The van der Waals surface area contributed by atoms with Crippen LogP contribution in [-0.2, 0) is 15.1 Å². The van der Waals surface area contributed by atoms with Crippen LogP contribution in [0.4, 0.5) is 5.69 Å². The van der Waals surface area contributed by atoms with Crippen LogP contribution in [0.25, 0.3) is 0 Å². The van der Waals surface area contributed by atoms with Crippen molar-refractivity contribution in [3.05, 3.63) is 66.2 Å². The van der Waals surface area contributed by atoms with Crippen LogP contribution in [0.1, 0.15) is 52.0 Å². The first kappa shape index (κ1) is 20.2. The number of carbonyl (C=O) groups is 1. The molecule has 2 aromatic rings. The van der Waals surface area contributed by atoms with Gasteiger partial charge in [-0.1, -0.05) is 81.6 Å². The third kappa shape index (κ3) is 5.43. The molecule has 0 aliphatic rings. The predicted octanol–water partition coefficient (Wildman–Crippen LogP) is 5.77. The second kappa shape index (κ2) is 10.1. The Balaban J connectivity index is 2.18. The summed E-state index contributed by atoms with van der Waals surface area (Å²) in [6.07, 6.45) is 4.57. The summed E-state index contributed by atoms with van der Waals surface area (Å²) in [6, 6.07) is 19.3. The van der Waals surface area contributed by atoms with E-state index < -0.39 is 5.60 Å². The van der Waals surface area contributed by atoms with Crippen molar-refractivity contribution in [2.75, 3.05) is 11.9 Å². The molecule has 26 heavy (non-hydrogen) atoms. The molecule has 2 atom stereocenters. The van der Waals surface area contributed by atoms with Crippen LogP contribution in [0.3, 0.4) is 0 Å². The number of carbonyl (C=O) groups excluding carboxylic acids is 1. The van der Waals surface area contributed by atoms with Gasteiger partial charge in [-0.15, -0.1) is 0 Å². The number of para-hydroxylation sites is 1.